The predicted molar refractivity (Wildman–Crippen MR) is 97.6 cm³/mol. The van der Waals surface area contributed by atoms with Crippen LogP contribution in [0.4, 0.5) is 0 Å². The topological polar surface area (TPSA) is 32.3 Å². The monoisotopic (exact) mass is 366 g/mol. The molecular weight excluding hydrogens is 343 g/mol. The van der Waals surface area contributed by atoms with Gasteiger partial charge in [0.25, 0.3) is 0 Å². The van der Waals surface area contributed by atoms with Crippen molar-refractivity contribution in [1.82, 2.24) is 10.2 Å². The number of nitrogens with one attached hydrogen (secondary N) is 1. The van der Waals surface area contributed by atoms with E-state index in [9.17, 15) is 4.79 Å². The van der Waals surface area contributed by atoms with Crippen molar-refractivity contribution >= 4 is 29.1 Å². The van der Waals surface area contributed by atoms with Gasteiger partial charge in [-0.3, -0.25) is 4.79 Å². The second-order valence-corrected chi connectivity index (χ2v) is 8.41. The molecule has 1 aromatic carbocycles. The molecule has 5 heteroatoms. The number of hydrogen-bond acceptors (Lipinski definition) is 2. The van der Waals surface area contributed by atoms with E-state index in [1.54, 1.807) is 6.07 Å². The SMILES string of the molecule is O=C(C1CC1c1ccc(Cl)cc1Cl)N1CCC(NCC2CC2)CC1. The quantitative estimate of drug-likeness (QED) is 0.850. The molecule has 0 bridgehead atoms. The summed E-state index contributed by atoms with van der Waals surface area (Å²) in [5.74, 6) is 1.61. The number of carbonyl (C=O) groups excluding carboxylic acids is 1. The summed E-state index contributed by atoms with van der Waals surface area (Å²) in [5.41, 5.74) is 1.07. The van der Waals surface area contributed by atoms with Gasteiger partial charge in [0.15, 0.2) is 0 Å². The lowest BCUT2D eigenvalue weighted by atomic mass is 10.0. The highest BCUT2D eigenvalue weighted by atomic mass is 35.5. The van der Waals surface area contributed by atoms with E-state index in [-0.39, 0.29) is 11.8 Å². The number of amides is 1. The van der Waals surface area contributed by atoms with Gasteiger partial charge in [-0.05, 0) is 68.2 Å². The van der Waals surface area contributed by atoms with Crippen molar-refractivity contribution in [3.05, 3.63) is 33.8 Å². The maximum atomic E-state index is 12.7. The molecule has 24 heavy (non-hydrogen) atoms. The Hall–Kier alpha value is -0.770. The number of hydrogen-bond donors (Lipinski definition) is 1. The predicted octanol–water partition coefficient (Wildman–Crippen LogP) is 4.09. The first kappa shape index (κ1) is 16.7. The van der Waals surface area contributed by atoms with Crippen molar-refractivity contribution in [3.63, 3.8) is 0 Å². The Morgan fingerprint density at radius 2 is 1.92 bits per heavy atom. The van der Waals surface area contributed by atoms with Crippen molar-refractivity contribution in [1.29, 1.82) is 0 Å². The van der Waals surface area contributed by atoms with Crippen molar-refractivity contribution < 1.29 is 4.79 Å². The standard InChI is InChI=1S/C19H24Cl2N2O/c20-13-3-4-15(18(21)9-13)16-10-17(16)19(24)23-7-5-14(6-8-23)22-11-12-1-2-12/h3-4,9,12,14,16-17,22H,1-2,5-8,10-11H2. The minimum atomic E-state index is 0.111. The molecule has 3 fully saturated rings. The number of halogens is 2. The van der Waals surface area contributed by atoms with Crippen LogP contribution < -0.4 is 5.32 Å². The molecule has 1 saturated heterocycles. The summed E-state index contributed by atoms with van der Waals surface area (Å²) in [7, 11) is 0. The fourth-order valence-corrected chi connectivity index (χ4v) is 4.36. The Morgan fingerprint density at radius 3 is 2.58 bits per heavy atom. The zero-order chi connectivity index (χ0) is 16.7. The zero-order valence-corrected chi connectivity index (χ0v) is 15.3. The minimum absolute atomic E-state index is 0.111. The van der Waals surface area contributed by atoms with E-state index in [1.165, 1.54) is 19.4 Å². The number of piperidine rings is 1. The Kier molecular flexibility index (Phi) is 4.77. The van der Waals surface area contributed by atoms with Crippen LogP contribution in [0.1, 0.15) is 43.6 Å². The maximum Gasteiger partial charge on any atom is 0.226 e. The first-order valence-electron chi connectivity index (χ1n) is 9.09. The second kappa shape index (κ2) is 6.86. The molecule has 4 rings (SSSR count). The van der Waals surface area contributed by atoms with E-state index in [4.69, 9.17) is 23.2 Å². The maximum absolute atomic E-state index is 12.7. The summed E-state index contributed by atoms with van der Waals surface area (Å²) < 4.78 is 0. The van der Waals surface area contributed by atoms with Crippen molar-refractivity contribution in [2.45, 2.75) is 44.1 Å². The van der Waals surface area contributed by atoms with Gasteiger partial charge in [0.2, 0.25) is 5.91 Å². The smallest absolute Gasteiger partial charge is 0.226 e. The van der Waals surface area contributed by atoms with Crippen molar-refractivity contribution in [2.75, 3.05) is 19.6 Å². The summed E-state index contributed by atoms with van der Waals surface area (Å²) in [6.45, 7) is 2.94. The highest BCUT2D eigenvalue weighted by Gasteiger charge is 2.46. The molecule has 0 spiro atoms. The molecule has 130 valence electrons. The highest BCUT2D eigenvalue weighted by Crippen LogP contribution is 2.51. The number of nitrogens with zero attached hydrogens (tertiary/aromatic N) is 1. The molecule has 2 saturated carbocycles. The van der Waals surface area contributed by atoms with Gasteiger partial charge >= 0.3 is 0 Å². The normalized spacial score (nSPS) is 27.3. The van der Waals surface area contributed by atoms with Crippen LogP contribution in [0.5, 0.6) is 0 Å². The lowest BCUT2D eigenvalue weighted by Gasteiger charge is -2.33. The molecule has 1 aromatic rings. The number of likely N-dealkylation sites (tertiary alicyclic amines) is 1. The third-order valence-electron chi connectivity index (χ3n) is 5.67. The van der Waals surface area contributed by atoms with Gasteiger partial charge < -0.3 is 10.2 Å². The molecule has 2 unspecified atom stereocenters. The van der Waals surface area contributed by atoms with Gasteiger partial charge in [-0.1, -0.05) is 29.3 Å². The van der Waals surface area contributed by atoms with E-state index in [0.29, 0.717) is 22.0 Å². The summed E-state index contributed by atoms with van der Waals surface area (Å²) in [6.07, 6.45) is 5.86. The average Bonchev–Trinajstić information content (AvgIpc) is 3.47. The van der Waals surface area contributed by atoms with Crippen LogP contribution in [-0.2, 0) is 4.79 Å². The molecule has 0 aromatic heterocycles. The molecule has 1 aliphatic heterocycles. The largest absolute Gasteiger partial charge is 0.342 e. The molecule has 3 nitrogen and oxygen atoms in total. The molecule has 3 aliphatic rings. The van der Waals surface area contributed by atoms with E-state index in [1.807, 2.05) is 12.1 Å². The van der Waals surface area contributed by atoms with Crippen molar-refractivity contribution in [2.24, 2.45) is 11.8 Å². The van der Waals surface area contributed by atoms with Gasteiger partial charge in [-0.2, -0.15) is 0 Å². The van der Waals surface area contributed by atoms with Gasteiger partial charge in [-0.25, -0.2) is 0 Å². The number of carbonyl (C=O) groups is 1. The highest BCUT2D eigenvalue weighted by molar-refractivity contribution is 6.35. The Morgan fingerprint density at radius 1 is 1.17 bits per heavy atom. The number of rotatable bonds is 5. The molecule has 0 radical (unpaired) electrons. The molecule has 1 N–H and O–H groups in total. The van der Waals surface area contributed by atoms with Crippen LogP contribution in [0.3, 0.4) is 0 Å². The lowest BCUT2D eigenvalue weighted by molar-refractivity contribution is -0.133. The molecule has 2 aliphatic carbocycles. The van der Waals surface area contributed by atoms with Gasteiger partial charge in [0.1, 0.15) is 0 Å². The van der Waals surface area contributed by atoms with Crippen LogP contribution in [0.2, 0.25) is 10.0 Å². The first-order valence-corrected chi connectivity index (χ1v) is 9.84. The van der Waals surface area contributed by atoms with Gasteiger partial charge in [-0.15, -0.1) is 0 Å². The molecule has 1 heterocycles. The summed E-state index contributed by atoms with van der Waals surface area (Å²) in [6, 6.07) is 6.20. The molecule has 1 amide bonds. The average molecular weight is 367 g/mol. The second-order valence-electron chi connectivity index (χ2n) is 7.57. The van der Waals surface area contributed by atoms with Crippen LogP contribution >= 0.6 is 23.2 Å². The number of benzene rings is 1. The van der Waals surface area contributed by atoms with Crippen LogP contribution in [0, 0.1) is 11.8 Å². The Labute approximate surface area is 153 Å². The van der Waals surface area contributed by atoms with E-state index >= 15 is 0 Å². The Bertz CT molecular complexity index is 624. The summed E-state index contributed by atoms with van der Waals surface area (Å²) in [4.78, 5) is 14.8. The third kappa shape index (κ3) is 3.74. The minimum Gasteiger partial charge on any atom is -0.342 e. The van der Waals surface area contributed by atoms with E-state index < -0.39 is 0 Å². The van der Waals surface area contributed by atoms with E-state index in [0.717, 1.165) is 43.8 Å². The van der Waals surface area contributed by atoms with Crippen LogP contribution in [-0.4, -0.2) is 36.5 Å². The summed E-state index contributed by atoms with van der Waals surface area (Å²) >= 11 is 12.2. The van der Waals surface area contributed by atoms with Crippen molar-refractivity contribution in [3.8, 4) is 0 Å². The van der Waals surface area contributed by atoms with Crippen LogP contribution in [0.15, 0.2) is 18.2 Å². The molecule has 2 atom stereocenters. The lowest BCUT2D eigenvalue weighted by Crippen LogP contribution is -2.46. The zero-order valence-electron chi connectivity index (χ0n) is 13.8. The fraction of sp³-hybridized carbons (Fsp3) is 0.632. The molecular formula is C19H24Cl2N2O. The fourth-order valence-electron chi connectivity index (χ4n) is 3.81. The van der Waals surface area contributed by atoms with Gasteiger partial charge in [0, 0.05) is 35.1 Å². The van der Waals surface area contributed by atoms with Gasteiger partial charge in [0.05, 0.1) is 0 Å². The third-order valence-corrected chi connectivity index (χ3v) is 6.23. The van der Waals surface area contributed by atoms with Crippen LogP contribution in [0.25, 0.3) is 0 Å². The Balaban J connectivity index is 1.28. The first-order chi connectivity index (χ1) is 11.6. The summed E-state index contributed by atoms with van der Waals surface area (Å²) in [5, 5.41) is 5.00. The van der Waals surface area contributed by atoms with E-state index in [2.05, 4.69) is 10.2 Å².